The van der Waals surface area contributed by atoms with Crippen LogP contribution in [-0.2, 0) is 0 Å². The Morgan fingerprint density at radius 3 is 2.36 bits per heavy atom. The van der Waals surface area contributed by atoms with Gasteiger partial charge in [-0.1, -0.05) is 11.6 Å². The lowest BCUT2D eigenvalue weighted by Gasteiger charge is -2.08. The van der Waals surface area contributed by atoms with Crippen LogP contribution in [-0.4, -0.2) is 31.3 Å². The number of carbonyl (C=O) groups excluding carboxylic acids is 1. The fourth-order valence-electron chi connectivity index (χ4n) is 1.97. The van der Waals surface area contributed by atoms with Gasteiger partial charge in [0.2, 0.25) is 0 Å². The van der Waals surface area contributed by atoms with E-state index in [1.54, 1.807) is 12.1 Å². The summed E-state index contributed by atoms with van der Waals surface area (Å²) in [6.45, 7) is 0. The molecule has 2 aromatic carbocycles. The highest BCUT2D eigenvalue weighted by Gasteiger charge is 2.18. The molecule has 0 heterocycles. The highest BCUT2D eigenvalue weighted by Crippen LogP contribution is 2.33. The van der Waals surface area contributed by atoms with E-state index in [1.807, 2.05) is 0 Å². The van der Waals surface area contributed by atoms with E-state index in [0.717, 1.165) is 6.21 Å². The molecule has 0 aliphatic carbocycles. The van der Waals surface area contributed by atoms with E-state index in [9.17, 15) is 14.9 Å². The molecule has 0 radical (unpaired) electrons. The van der Waals surface area contributed by atoms with Gasteiger partial charge in [-0.25, -0.2) is 5.43 Å². The van der Waals surface area contributed by atoms with Gasteiger partial charge >= 0.3 is 0 Å². The van der Waals surface area contributed by atoms with E-state index >= 15 is 0 Å². The number of nitro benzene ring substituents is 1. The number of rotatable bonds is 6. The smallest absolute Gasteiger partial charge is 0.282 e. The molecule has 0 unspecified atom stereocenters. The topological polar surface area (TPSA) is 103 Å². The summed E-state index contributed by atoms with van der Waals surface area (Å²) < 4.78 is 10.1. The predicted octanol–water partition coefficient (Wildman–Crippen LogP) is 3.03. The summed E-state index contributed by atoms with van der Waals surface area (Å²) in [5.74, 6) is 0.0474. The lowest BCUT2D eigenvalue weighted by Crippen LogP contribution is -2.17. The third-order valence-corrected chi connectivity index (χ3v) is 3.46. The van der Waals surface area contributed by atoms with Gasteiger partial charge in [0, 0.05) is 10.6 Å². The van der Waals surface area contributed by atoms with Crippen molar-refractivity contribution in [3.05, 3.63) is 62.7 Å². The van der Waals surface area contributed by atoms with Crippen LogP contribution < -0.4 is 14.9 Å². The van der Waals surface area contributed by atoms with Crippen molar-refractivity contribution in [2.24, 2.45) is 5.10 Å². The maximum Gasteiger partial charge on any atom is 0.282 e. The van der Waals surface area contributed by atoms with Crippen molar-refractivity contribution in [3.8, 4) is 11.5 Å². The Labute approximate surface area is 148 Å². The van der Waals surface area contributed by atoms with Gasteiger partial charge in [-0.2, -0.15) is 5.10 Å². The van der Waals surface area contributed by atoms with Gasteiger partial charge in [0.1, 0.15) is 0 Å². The van der Waals surface area contributed by atoms with Crippen LogP contribution in [0.3, 0.4) is 0 Å². The Kier molecular flexibility index (Phi) is 5.91. The highest BCUT2D eigenvalue weighted by molar-refractivity contribution is 6.30. The van der Waals surface area contributed by atoms with Gasteiger partial charge in [-0.15, -0.1) is 0 Å². The van der Waals surface area contributed by atoms with Crippen molar-refractivity contribution in [1.82, 2.24) is 5.43 Å². The average Bonchev–Trinajstić information content (AvgIpc) is 2.61. The molecule has 0 aliphatic rings. The van der Waals surface area contributed by atoms with Crippen molar-refractivity contribution in [1.29, 1.82) is 0 Å². The maximum absolute atomic E-state index is 11.9. The zero-order chi connectivity index (χ0) is 18.4. The minimum absolute atomic E-state index is 0.152. The zero-order valence-electron chi connectivity index (χ0n) is 13.4. The first kappa shape index (κ1) is 18.2. The Morgan fingerprint density at radius 1 is 1.20 bits per heavy atom. The highest BCUT2D eigenvalue weighted by atomic mass is 35.5. The van der Waals surface area contributed by atoms with Crippen molar-refractivity contribution >= 4 is 29.4 Å². The second kappa shape index (κ2) is 8.11. The van der Waals surface area contributed by atoms with E-state index < -0.39 is 10.8 Å². The van der Waals surface area contributed by atoms with Crippen LogP contribution in [0.2, 0.25) is 5.02 Å². The predicted molar refractivity (Wildman–Crippen MR) is 92.7 cm³/mol. The SMILES string of the molecule is COc1cc(C=NNC(=O)c2ccc(Cl)cc2)c([N+](=O)[O-])cc1OC. The molecule has 0 aliphatic heterocycles. The van der Waals surface area contributed by atoms with E-state index in [1.165, 1.54) is 38.5 Å². The summed E-state index contributed by atoms with van der Waals surface area (Å²) in [5.41, 5.74) is 2.56. The van der Waals surface area contributed by atoms with Gasteiger partial charge in [0.05, 0.1) is 37.0 Å². The zero-order valence-corrected chi connectivity index (χ0v) is 14.1. The Hall–Kier alpha value is -3.13. The minimum Gasteiger partial charge on any atom is -0.493 e. The molecule has 1 N–H and O–H groups in total. The van der Waals surface area contributed by atoms with Crippen LogP contribution in [0.15, 0.2) is 41.5 Å². The number of carbonyl (C=O) groups is 1. The van der Waals surface area contributed by atoms with Gasteiger partial charge < -0.3 is 9.47 Å². The Morgan fingerprint density at radius 2 is 1.80 bits per heavy atom. The molecule has 0 spiro atoms. The third kappa shape index (κ3) is 4.45. The molecule has 9 heteroatoms. The first-order valence-corrected chi connectivity index (χ1v) is 7.33. The first-order chi connectivity index (χ1) is 12.0. The number of hydrazone groups is 1. The van der Waals surface area contributed by atoms with Crippen LogP contribution >= 0.6 is 11.6 Å². The average molecular weight is 364 g/mol. The molecule has 0 aromatic heterocycles. The number of ether oxygens (including phenoxy) is 2. The number of amides is 1. The lowest BCUT2D eigenvalue weighted by atomic mass is 10.1. The number of methoxy groups -OCH3 is 2. The molecule has 25 heavy (non-hydrogen) atoms. The fourth-order valence-corrected chi connectivity index (χ4v) is 2.10. The number of hydrogen-bond acceptors (Lipinski definition) is 6. The number of nitrogens with zero attached hydrogens (tertiary/aromatic N) is 2. The maximum atomic E-state index is 11.9. The van der Waals surface area contributed by atoms with Crippen LogP contribution in [0.5, 0.6) is 11.5 Å². The number of nitro groups is 1. The van der Waals surface area contributed by atoms with E-state index in [4.69, 9.17) is 21.1 Å². The van der Waals surface area contributed by atoms with Crippen molar-refractivity contribution < 1.29 is 19.2 Å². The molecule has 2 rings (SSSR count). The van der Waals surface area contributed by atoms with Crippen LogP contribution in [0.25, 0.3) is 0 Å². The molecule has 0 bridgehead atoms. The summed E-state index contributed by atoms with van der Waals surface area (Å²) in [4.78, 5) is 22.6. The summed E-state index contributed by atoms with van der Waals surface area (Å²) in [6, 6.07) is 8.83. The van der Waals surface area contributed by atoms with Crippen molar-refractivity contribution in [3.63, 3.8) is 0 Å². The van der Waals surface area contributed by atoms with Gasteiger partial charge in [-0.3, -0.25) is 14.9 Å². The molecular formula is C16H14ClN3O5. The molecule has 8 nitrogen and oxygen atoms in total. The Balaban J connectivity index is 2.23. The molecule has 0 fully saturated rings. The summed E-state index contributed by atoms with van der Waals surface area (Å²) in [6.07, 6.45) is 1.16. The summed E-state index contributed by atoms with van der Waals surface area (Å²) >= 11 is 5.75. The van der Waals surface area contributed by atoms with Crippen molar-refractivity contribution in [2.45, 2.75) is 0 Å². The fraction of sp³-hybridized carbons (Fsp3) is 0.125. The van der Waals surface area contributed by atoms with E-state index in [-0.39, 0.29) is 17.0 Å². The largest absolute Gasteiger partial charge is 0.493 e. The van der Waals surface area contributed by atoms with Crippen LogP contribution in [0.4, 0.5) is 5.69 Å². The monoisotopic (exact) mass is 363 g/mol. The van der Waals surface area contributed by atoms with Gasteiger partial charge in [0.25, 0.3) is 11.6 Å². The second-order valence-corrected chi connectivity index (χ2v) is 5.17. The summed E-state index contributed by atoms with van der Waals surface area (Å²) in [5, 5.41) is 15.4. The number of benzene rings is 2. The number of nitrogens with one attached hydrogen (secondary N) is 1. The van der Waals surface area contributed by atoms with Gasteiger partial charge in [-0.05, 0) is 30.3 Å². The second-order valence-electron chi connectivity index (χ2n) is 4.73. The first-order valence-electron chi connectivity index (χ1n) is 6.95. The molecule has 0 atom stereocenters. The lowest BCUT2D eigenvalue weighted by molar-refractivity contribution is -0.385. The molecule has 130 valence electrons. The van der Waals surface area contributed by atoms with Gasteiger partial charge in [0.15, 0.2) is 11.5 Å². The number of hydrogen-bond donors (Lipinski definition) is 1. The van der Waals surface area contributed by atoms with Crippen LogP contribution in [0.1, 0.15) is 15.9 Å². The van der Waals surface area contributed by atoms with E-state index in [0.29, 0.717) is 16.3 Å². The summed E-state index contributed by atoms with van der Waals surface area (Å²) in [7, 11) is 2.79. The minimum atomic E-state index is -0.579. The Bertz CT molecular complexity index is 821. The van der Waals surface area contributed by atoms with Crippen molar-refractivity contribution in [2.75, 3.05) is 14.2 Å². The molecule has 0 saturated carbocycles. The van der Waals surface area contributed by atoms with Crippen LogP contribution in [0, 0.1) is 10.1 Å². The molecule has 1 amide bonds. The normalized spacial score (nSPS) is 10.5. The quantitative estimate of drug-likeness (QED) is 0.482. The third-order valence-electron chi connectivity index (χ3n) is 3.21. The standard InChI is InChI=1S/C16H14ClN3O5/c1-24-14-7-11(13(20(22)23)8-15(14)25-2)9-18-19-16(21)10-3-5-12(17)6-4-10/h3-9H,1-2H3,(H,19,21). The number of halogens is 1. The molecular weight excluding hydrogens is 350 g/mol. The van der Waals surface area contributed by atoms with E-state index in [2.05, 4.69) is 10.5 Å². The molecule has 0 saturated heterocycles. The molecule has 2 aromatic rings.